The minimum atomic E-state index is 0.526. The Labute approximate surface area is 117 Å². The minimum Gasteiger partial charge on any atom is -0.486 e. The fraction of sp³-hybridized carbons (Fsp3) is 0.250. The van der Waals surface area contributed by atoms with Crippen LogP contribution in [0.1, 0.15) is 11.1 Å². The molecule has 19 heavy (non-hydrogen) atoms. The van der Waals surface area contributed by atoms with Gasteiger partial charge in [-0.3, -0.25) is 0 Å². The molecule has 0 atom stereocenters. The van der Waals surface area contributed by atoms with Gasteiger partial charge in [0, 0.05) is 5.88 Å². The van der Waals surface area contributed by atoms with E-state index < -0.39 is 0 Å². The van der Waals surface area contributed by atoms with Gasteiger partial charge in [-0.25, -0.2) is 0 Å². The van der Waals surface area contributed by atoms with E-state index in [9.17, 15) is 0 Å². The second kappa shape index (κ2) is 5.14. The highest BCUT2D eigenvalue weighted by Crippen LogP contribution is 2.35. The van der Waals surface area contributed by atoms with Gasteiger partial charge in [-0.2, -0.15) is 0 Å². The molecule has 2 aromatic rings. The van der Waals surface area contributed by atoms with Crippen molar-refractivity contribution in [2.45, 2.75) is 12.8 Å². The summed E-state index contributed by atoms with van der Waals surface area (Å²) in [6, 6.07) is 12.4. The molecule has 0 amide bonds. The lowest BCUT2D eigenvalue weighted by atomic mass is 9.98. The Bertz CT molecular complexity index is 608. The van der Waals surface area contributed by atoms with Crippen molar-refractivity contribution in [1.29, 1.82) is 0 Å². The Balaban J connectivity index is 2.06. The summed E-state index contributed by atoms with van der Waals surface area (Å²) < 4.78 is 11.2. The third-order valence-corrected chi connectivity index (χ3v) is 3.62. The summed E-state index contributed by atoms with van der Waals surface area (Å²) in [6.45, 7) is 3.33. The van der Waals surface area contributed by atoms with E-state index in [2.05, 4.69) is 31.2 Å². The maximum atomic E-state index is 5.91. The molecule has 0 saturated heterocycles. The molecule has 0 spiro atoms. The van der Waals surface area contributed by atoms with Crippen molar-refractivity contribution in [3.63, 3.8) is 0 Å². The Morgan fingerprint density at radius 2 is 1.79 bits per heavy atom. The first-order chi connectivity index (χ1) is 9.28. The van der Waals surface area contributed by atoms with E-state index in [1.165, 1.54) is 11.1 Å². The van der Waals surface area contributed by atoms with Gasteiger partial charge < -0.3 is 9.47 Å². The molecule has 0 bridgehead atoms. The number of fused-ring (bicyclic) bond motifs is 1. The molecule has 0 fully saturated rings. The molecule has 0 aromatic heterocycles. The van der Waals surface area contributed by atoms with E-state index >= 15 is 0 Å². The van der Waals surface area contributed by atoms with E-state index in [-0.39, 0.29) is 0 Å². The number of hydrogen-bond acceptors (Lipinski definition) is 2. The van der Waals surface area contributed by atoms with E-state index in [0.717, 1.165) is 22.6 Å². The molecule has 0 radical (unpaired) electrons. The Morgan fingerprint density at radius 1 is 1.00 bits per heavy atom. The first-order valence-electron chi connectivity index (χ1n) is 6.33. The summed E-state index contributed by atoms with van der Waals surface area (Å²) >= 11 is 5.91. The highest BCUT2D eigenvalue weighted by molar-refractivity contribution is 6.17. The fourth-order valence-electron chi connectivity index (χ4n) is 2.27. The van der Waals surface area contributed by atoms with Crippen molar-refractivity contribution >= 4 is 11.6 Å². The van der Waals surface area contributed by atoms with Gasteiger partial charge in [0.1, 0.15) is 13.2 Å². The summed E-state index contributed by atoms with van der Waals surface area (Å²) in [5.41, 5.74) is 4.67. The summed E-state index contributed by atoms with van der Waals surface area (Å²) in [7, 11) is 0. The minimum absolute atomic E-state index is 0.526. The molecule has 0 saturated carbocycles. The van der Waals surface area contributed by atoms with Crippen LogP contribution < -0.4 is 9.47 Å². The van der Waals surface area contributed by atoms with Crippen LogP contribution in [0.4, 0.5) is 0 Å². The highest BCUT2D eigenvalue weighted by atomic mass is 35.5. The smallest absolute Gasteiger partial charge is 0.161 e. The van der Waals surface area contributed by atoms with Crippen molar-refractivity contribution in [3.05, 3.63) is 47.5 Å². The van der Waals surface area contributed by atoms with Gasteiger partial charge in [0.2, 0.25) is 0 Å². The number of benzene rings is 2. The van der Waals surface area contributed by atoms with Crippen LogP contribution in [0.5, 0.6) is 11.5 Å². The maximum absolute atomic E-state index is 5.91. The van der Waals surface area contributed by atoms with Gasteiger partial charge >= 0.3 is 0 Å². The van der Waals surface area contributed by atoms with Gasteiger partial charge in [0.15, 0.2) is 11.5 Å². The number of hydrogen-bond donors (Lipinski definition) is 0. The Kier molecular flexibility index (Phi) is 3.34. The molecular formula is C16H15ClO2. The highest BCUT2D eigenvalue weighted by Gasteiger charge is 2.13. The van der Waals surface area contributed by atoms with Crippen LogP contribution in [-0.2, 0) is 5.88 Å². The van der Waals surface area contributed by atoms with E-state index in [0.29, 0.717) is 19.1 Å². The van der Waals surface area contributed by atoms with Crippen LogP contribution in [0, 0.1) is 6.92 Å². The van der Waals surface area contributed by atoms with Gasteiger partial charge in [0.25, 0.3) is 0 Å². The van der Waals surface area contributed by atoms with Crippen LogP contribution >= 0.6 is 11.6 Å². The molecule has 2 nitrogen and oxygen atoms in total. The average Bonchev–Trinajstić information content (AvgIpc) is 2.47. The lowest BCUT2D eigenvalue weighted by molar-refractivity contribution is 0.171. The Hall–Kier alpha value is -1.67. The molecule has 0 N–H and O–H groups in total. The average molecular weight is 275 g/mol. The van der Waals surface area contributed by atoms with Crippen LogP contribution in [0.2, 0.25) is 0 Å². The van der Waals surface area contributed by atoms with Crippen LogP contribution in [-0.4, -0.2) is 13.2 Å². The predicted octanol–water partition coefficient (Wildman–Crippen LogP) is 4.17. The van der Waals surface area contributed by atoms with Crippen molar-refractivity contribution in [3.8, 4) is 22.6 Å². The fourth-order valence-corrected chi connectivity index (χ4v) is 2.44. The molecule has 2 aromatic carbocycles. The van der Waals surface area contributed by atoms with Crippen molar-refractivity contribution in [1.82, 2.24) is 0 Å². The third-order valence-electron chi connectivity index (χ3n) is 3.31. The first kappa shape index (κ1) is 12.4. The lowest BCUT2D eigenvalue weighted by Gasteiger charge is -2.19. The summed E-state index contributed by atoms with van der Waals surface area (Å²) in [5.74, 6) is 2.17. The number of ether oxygens (including phenoxy) is 2. The molecule has 0 aliphatic carbocycles. The molecule has 0 unspecified atom stereocenters. The molecule has 1 aliphatic heterocycles. The molecule has 3 heteroatoms. The summed E-state index contributed by atoms with van der Waals surface area (Å²) in [5, 5.41) is 0. The van der Waals surface area contributed by atoms with E-state index in [1.807, 2.05) is 12.1 Å². The topological polar surface area (TPSA) is 18.5 Å². The number of rotatable bonds is 2. The van der Waals surface area contributed by atoms with Gasteiger partial charge in [-0.1, -0.05) is 18.2 Å². The second-order valence-electron chi connectivity index (χ2n) is 4.64. The van der Waals surface area contributed by atoms with Crippen LogP contribution in [0.3, 0.4) is 0 Å². The van der Waals surface area contributed by atoms with Crippen molar-refractivity contribution in [2.75, 3.05) is 13.2 Å². The number of aryl methyl sites for hydroxylation is 1. The van der Waals surface area contributed by atoms with Crippen LogP contribution in [0.25, 0.3) is 11.1 Å². The quantitative estimate of drug-likeness (QED) is 0.765. The largest absolute Gasteiger partial charge is 0.486 e. The standard InChI is InChI=1S/C16H15ClO2/c1-11-2-3-12(10-17)8-14(11)13-4-5-15-16(9-13)19-7-6-18-15/h2-5,8-9H,6-7,10H2,1H3. The molecule has 1 heterocycles. The van der Waals surface area contributed by atoms with E-state index in [1.54, 1.807) is 0 Å². The van der Waals surface area contributed by atoms with Gasteiger partial charge in [0.05, 0.1) is 0 Å². The molecule has 3 rings (SSSR count). The molecule has 98 valence electrons. The third kappa shape index (κ3) is 2.41. The Morgan fingerprint density at radius 3 is 2.58 bits per heavy atom. The molecular weight excluding hydrogens is 260 g/mol. The SMILES string of the molecule is Cc1ccc(CCl)cc1-c1ccc2c(c1)OCCO2. The van der Waals surface area contributed by atoms with Crippen molar-refractivity contribution in [2.24, 2.45) is 0 Å². The summed E-state index contributed by atoms with van der Waals surface area (Å²) in [6.07, 6.45) is 0. The number of alkyl halides is 1. The van der Waals surface area contributed by atoms with Gasteiger partial charge in [-0.05, 0) is 47.4 Å². The zero-order valence-corrected chi connectivity index (χ0v) is 11.5. The maximum Gasteiger partial charge on any atom is 0.161 e. The van der Waals surface area contributed by atoms with Crippen molar-refractivity contribution < 1.29 is 9.47 Å². The number of halogens is 1. The monoisotopic (exact) mass is 274 g/mol. The second-order valence-corrected chi connectivity index (χ2v) is 4.91. The zero-order chi connectivity index (χ0) is 13.2. The van der Waals surface area contributed by atoms with Gasteiger partial charge in [-0.15, -0.1) is 11.6 Å². The first-order valence-corrected chi connectivity index (χ1v) is 6.87. The van der Waals surface area contributed by atoms with Crippen LogP contribution in [0.15, 0.2) is 36.4 Å². The van der Waals surface area contributed by atoms with E-state index in [4.69, 9.17) is 21.1 Å². The zero-order valence-electron chi connectivity index (χ0n) is 10.8. The predicted molar refractivity (Wildman–Crippen MR) is 77.2 cm³/mol. The molecule has 1 aliphatic rings. The lowest BCUT2D eigenvalue weighted by Crippen LogP contribution is -2.15. The normalized spacial score (nSPS) is 13.4. The summed E-state index contributed by atoms with van der Waals surface area (Å²) in [4.78, 5) is 0.